The number of nitrogen functional groups attached to an aromatic ring is 1. The molecular formula is C18H23N3O2. The fraction of sp³-hybridized carbons (Fsp3) is 0.278. The van der Waals surface area contributed by atoms with Crippen molar-refractivity contribution in [1.82, 2.24) is 4.90 Å². The van der Waals surface area contributed by atoms with Crippen molar-refractivity contribution in [3.63, 3.8) is 0 Å². The lowest BCUT2D eigenvalue weighted by molar-refractivity contribution is -0.117. The molecule has 0 spiro atoms. The van der Waals surface area contributed by atoms with E-state index >= 15 is 0 Å². The van der Waals surface area contributed by atoms with E-state index in [0.717, 1.165) is 29.2 Å². The van der Waals surface area contributed by atoms with Gasteiger partial charge in [-0.25, -0.2) is 0 Å². The van der Waals surface area contributed by atoms with Crippen molar-refractivity contribution in [3.05, 3.63) is 54.1 Å². The van der Waals surface area contributed by atoms with Crippen LogP contribution in [-0.2, 0) is 11.3 Å². The van der Waals surface area contributed by atoms with E-state index in [-0.39, 0.29) is 5.91 Å². The minimum Gasteiger partial charge on any atom is -0.497 e. The van der Waals surface area contributed by atoms with Crippen molar-refractivity contribution < 1.29 is 9.53 Å². The van der Waals surface area contributed by atoms with Crippen LogP contribution in [-0.4, -0.2) is 31.0 Å². The van der Waals surface area contributed by atoms with Crippen LogP contribution in [0.4, 0.5) is 11.4 Å². The summed E-state index contributed by atoms with van der Waals surface area (Å²) in [5.41, 5.74) is 8.36. The lowest BCUT2D eigenvalue weighted by Gasteiger charge is -2.20. The number of carbonyl (C=O) groups is 1. The van der Waals surface area contributed by atoms with Gasteiger partial charge in [-0.2, -0.15) is 0 Å². The average molecular weight is 313 g/mol. The number of hydrogen-bond acceptors (Lipinski definition) is 4. The lowest BCUT2D eigenvalue weighted by atomic mass is 10.2. The van der Waals surface area contributed by atoms with E-state index < -0.39 is 0 Å². The van der Waals surface area contributed by atoms with Crippen LogP contribution in [0.2, 0.25) is 0 Å². The second-order valence-corrected chi connectivity index (χ2v) is 5.33. The molecule has 0 aliphatic heterocycles. The second-order valence-electron chi connectivity index (χ2n) is 5.33. The monoisotopic (exact) mass is 313 g/mol. The maximum Gasteiger partial charge on any atom is 0.238 e. The van der Waals surface area contributed by atoms with Crippen molar-refractivity contribution >= 4 is 17.3 Å². The van der Waals surface area contributed by atoms with Gasteiger partial charge in [0.1, 0.15) is 5.75 Å². The first-order valence-electron chi connectivity index (χ1n) is 7.61. The summed E-state index contributed by atoms with van der Waals surface area (Å²) in [6, 6.07) is 15.1. The normalized spacial score (nSPS) is 10.6. The third-order valence-electron chi connectivity index (χ3n) is 3.53. The predicted molar refractivity (Wildman–Crippen MR) is 93.4 cm³/mol. The van der Waals surface area contributed by atoms with Crippen LogP contribution in [0.5, 0.6) is 5.75 Å². The molecule has 0 aromatic heterocycles. The molecule has 2 aromatic carbocycles. The third kappa shape index (κ3) is 5.30. The van der Waals surface area contributed by atoms with Gasteiger partial charge >= 0.3 is 0 Å². The minimum absolute atomic E-state index is 0.0518. The zero-order valence-electron chi connectivity index (χ0n) is 13.6. The van der Waals surface area contributed by atoms with E-state index in [1.165, 1.54) is 0 Å². The first-order chi connectivity index (χ1) is 11.1. The topological polar surface area (TPSA) is 67.6 Å². The van der Waals surface area contributed by atoms with Crippen LogP contribution in [0.3, 0.4) is 0 Å². The van der Waals surface area contributed by atoms with Crippen LogP contribution in [0.25, 0.3) is 0 Å². The molecule has 5 heteroatoms. The summed E-state index contributed by atoms with van der Waals surface area (Å²) in [6.45, 7) is 3.82. The number of amides is 1. The summed E-state index contributed by atoms with van der Waals surface area (Å²) >= 11 is 0. The molecule has 0 aliphatic rings. The van der Waals surface area contributed by atoms with Crippen molar-refractivity contribution in [2.45, 2.75) is 13.5 Å². The van der Waals surface area contributed by atoms with E-state index in [0.29, 0.717) is 13.1 Å². The second kappa shape index (κ2) is 8.19. The molecular weight excluding hydrogens is 290 g/mol. The van der Waals surface area contributed by atoms with Gasteiger partial charge in [0.25, 0.3) is 0 Å². The molecule has 2 aromatic rings. The van der Waals surface area contributed by atoms with E-state index in [1.807, 2.05) is 49.4 Å². The molecule has 0 unspecified atom stereocenters. The third-order valence-corrected chi connectivity index (χ3v) is 3.53. The smallest absolute Gasteiger partial charge is 0.238 e. The largest absolute Gasteiger partial charge is 0.497 e. The van der Waals surface area contributed by atoms with Gasteiger partial charge in [0, 0.05) is 24.0 Å². The summed E-state index contributed by atoms with van der Waals surface area (Å²) in [7, 11) is 1.60. The van der Waals surface area contributed by atoms with Gasteiger partial charge in [0.05, 0.1) is 13.7 Å². The van der Waals surface area contributed by atoms with Gasteiger partial charge in [0.2, 0.25) is 5.91 Å². The molecule has 23 heavy (non-hydrogen) atoms. The number of benzene rings is 2. The van der Waals surface area contributed by atoms with Crippen molar-refractivity contribution in [2.24, 2.45) is 0 Å². The highest BCUT2D eigenvalue weighted by Crippen LogP contribution is 2.16. The molecule has 0 aliphatic carbocycles. The molecule has 0 atom stereocenters. The molecule has 3 N–H and O–H groups in total. The quantitative estimate of drug-likeness (QED) is 0.771. The molecule has 0 radical (unpaired) electrons. The molecule has 0 saturated carbocycles. The molecule has 1 amide bonds. The Labute approximate surface area is 137 Å². The first kappa shape index (κ1) is 16.8. The van der Waals surface area contributed by atoms with Gasteiger partial charge in [-0.3, -0.25) is 9.69 Å². The SMILES string of the molecule is CCN(CC(=O)Nc1cccc(OC)c1)Cc1cccc(N)c1. The Kier molecular flexibility index (Phi) is 6.00. The molecule has 0 fully saturated rings. The number of carbonyl (C=O) groups excluding carboxylic acids is 1. The van der Waals surface area contributed by atoms with Gasteiger partial charge in [0.15, 0.2) is 0 Å². The lowest BCUT2D eigenvalue weighted by Crippen LogP contribution is -2.32. The zero-order valence-corrected chi connectivity index (χ0v) is 13.6. The van der Waals surface area contributed by atoms with Crippen molar-refractivity contribution in [3.8, 4) is 5.75 Å². The van der Waals surface area contributed by atoms with E-state index in [1.54, 1.807) is 13.2 Å². The first-order valence-corrected chi connectivity index (χ1v) is 7.61. The number of ether oxygens (including phenoxy) is 1. The number of methoxy groups -OCH3 is 1. The number of rotatable bonds is 7. The molecule has 0 heterocycles. The fourth-order valence-corrected chi connectivity index (χ4v) is 2.33. The maximum absolute atomic E-state index is 12.2. The maximum atomic E-state index is 12.2. The highest BCUT2D eigenvalue weighted by Gasteiger charge is 2.10. The Morgan fingerprint density at radius 2 is 2.00 bits per heavy atom. The highest BCUT2D eigenvalue weighted by atomic mass is 16.5. The van der Waals surface area contributed by atoms with Crippen molar-refractivity contribution in [1.29, 1.82) is 0 Å². The van der Waals surface area contributed by atoms with Crippen LogP contribution in [0.15, 0.2) is 48.5 Å². The summed E-state index contributed by atoms with van der Waals surface area (Å²) < 4.78 is 5.16. The Morgan fingerprint density at radius 3 is 2.70 bits per heavy atom. The van der Waals surface area contributed by atoms with E-state index in [4.69, 9.17) is 10.5 Å². The van der Waals surface area contributed by atoms with Crippen LogP contribution < -0.4 is 15.8 Å². The number of nitrogens with one attached hydrogen (secondary N) is 1. The standard InChI is InChI=1S/C18H23N3O2/c1-3-21(12-14-6-4-7-15(19)10-14)13-18(22)20-16-8-5-9-17(11-16)23-2/h4-11H,3,12-13,19H2,1-2H3,(H,20,22). The van der Waals surface area contributed by atoms with Crippen LogP contribution in [0, 0.1) is 0 Å². The summed E-state index contributed by atoms with van der Waals surface area (Å²) in [5.74, 6) is 0.666. The van der Waals surface area contributed by atoms with Crippen LogP contribution in [0.1, 0.15) is 12.5 Å². The Bertz CT molecular complexity index is 658. The summed E-state index contributed by atoms with van der Waals surface area (Å²) in [4.78, 5) is 14.3. The van der Waals surface area contributed by atoms with Crippen LogP contribution >= 0.6 is 0 Å². The van der Waals surface area contributed by atoms with Gasteiger partial charge in [-0.15, -0.1) is 0 Å². The molecule has 122 valence electrons. The van der Waals surface area contributed by atoms with Gasteiger partial charge < -0.3 is 15.8 Å². The Hall–Kier alpha value is -2.53. The van der Waals surface area contributed by atoms with Crippen molar-refractivity contribution in [2.75, 3.05) is 31.2 Å². The number of anilines is 2. The number of hydrogen-bond donors (Lipinski definition) is 2. The molecule has 5 nitrogen and oxygen atoms in total. The van der Waals surface area contributed by atoms with E-state index in [2.05, 4.69) is 10.2 Å². The summed E-state index contributed by atoms with van der Waals surface area (Å²) in [6.07, 6.45) is 0. The fourth-order valence-electron chi connectivity index (χ4n) is 2.33. The molecule has 2 rings (SSSR count). The minimum atomic E-state index is -0.0518. The zero-order chi connectivity index (χ0) is 16.7. The number of nitrogens with two attached hydrogens (primary N) is 1. The van der Waals surface area contributed by atoms with Gasteiger partial charge in [-0.1, -0.05) is 25.1 Å². The molecule has 0 bridgehead atoms. The number of nitrogens with zero attached hydrogens (tertiary/aromatic N) is 1. The highest BCUT2D eigenvalue weighted by molar-refractivity contribution is 5.92. The Balaban J connectivity index is 1.93. The molecule has 0 saturated heterocycles. The number of likely N-dealkylation sites (N-methyl/N-ethyl adjacent to an activating group) is 1. The van der Waals surface area contributed by atoms with E-state index in [9.17, 15) is 4.79 Å². The van der Waals surface area contributed by atoms with Gasteiger partial charge in [-0.05, 0) is 36.4 Å². The predicted octanol–water partition coefficient (Wildman–Crippen LogP) is 2.74. The summed E-state index contributed by atoms with van der Waals surface area (Å²) in [5, 5.41) is 2.89. The average Bonchev–Trinajstić information content (AvgIpc) is 2.54. The Morgan fingerprint density at radius 1 is 1.22 bits per heavy atom.